The van der Waals surface area contributed by atoms with E-state index in [2.05, 4.69) is 15.8 Å². The summed E-state index contributed by atoms with van der Waals surface area (Å²) >= 11 is 11.9. The average molecular weight is 426 g/mol. The molecule has 5 nitrogen and oxygen atoms in total. The number of nitrogens with zero attached hydrogens (tertiary/aromatic N) is 1. The normalized spacial score (nSPS) is 10.7. The molecule has 0 heterocycles. The molecule has 0 unspecified atom stereocenters. The highest BCUT2D eigenvalue weighted by molar-refractivity contribution is 6.36. The Morgan fingerprint density at radius 2 is 1.66 bits per heavy atom. The first-order valence-electron chi connectivity index (χ1n) is 8.69. The number of nitrogens with one attached hydrogen (secondary N) is 2. The molecule has 0 radical (unpaired) electrons. The van der Waals surface area contributed by atoms with Crippen LogP contribution in [0.1, 0.15) is 31.8 Å². The van der Waals surface area contributed by atoms with E-state index in [-0.39, 0.29) is 11.8 Å². The highest BCUT2D eigenvalue weighted by atomic mass is 35.5. The third-order valence-corrected chi connectivity index (χ3v) is 4.58. The largest absolute Gasteiger partial charge is 0.322 e. The van der Waals surface area contributed by atoms with Crippen molar-refractivity contribution >= 4 is 46.9 Å². The van der Waals surface area contributed by atoms with Crippen LogP contribution in [0.4, 0.5) is 5.69 Å². The van der Waals surface area contributed by atoms with Gasteiger partial charge in [-0.05, 0) is 55.5 Å². The SMILES string of the molecule is Cc1cccc(C(=O)Nc2ccc(C(=O)NN=Cc3ccc(Cl)cc3Cl)cc2)c1. The van der Waals surface area contributed by atoms with E-state index in [1.165, 1.54) is 6.21 Å². The van der Waals surface area contributed by atoms with Gasteiger partial charge in [-0.3, -0.25) is 9.59 Å². The summed E-state index contributed by atoms with van der Waals surface area (Å²) in [5, 5.41) is 7.66. The van der Waals surface area contributed by atoms with E-state index in [9.17, 15) is 9.59 Å². The Balaban J connectivity index is 1.59. The molecule has 2 amide bonds. The van der Waals surface area contributed by atoms with E-state index in [1.807, 2.05) is 25.1 Å². The minimum absolute atomic E-state index is 0.213. The van der Waals surface area contributed by atoms with Crippen LogP contribution in [-0.4, -0.2) is 18.0 Å². The van der Waals surface area contributed by atoms with Crippen molar-refractivity contribution in [3.63, 3.8) is 0 Å². The fraction of sp³-hybridized carbons (Fsp3) is 0.0455. The summed E-state index contributed by atoms with van der Waals surface area (Å²) in [5.41, 5.74) is 5.63. The molecule has 0 aliphatic carbocycles. The molecule has 2 N–H and O–H groups in total. The maximum Gasteiger partial charge on any atom is 0.271 e. The number of rotatable bonds is 5. The number of carbonyl (C=O) groups is 2. The van der Waals surface area contributed by atoms with Gasteiger partial charge in [-0.25, -0.2) is 5.43 Å². The van der Waals surface area contributed by atoms with Crippen molar-refractivity contribution in [1.82, 2.24) is 5.43 Å². The molecular weight excluding hydrogens is 409 g/mol. The van der Waals surface area contributed by atoms with Crippen molar-refractivity contribution in [3.8, 4) is 0 Å². The van der Waals surface area contributed by atoms with Gasteiger partial charge in [-0.2, -0.15) is 5.10 Å². The first-order chi connectivity index (χ1) is 13.9. The smallest absolute Gasteiger partial charge is 0.271 e. The zero-order chi connectivity index (χ0) is 20.8. The molecule has 0 spiro atoms. The molecular formula is C22H17Cl2N3O2. The van der Waals surface area contributed by atoms with Crippen molar-refractivity contribution in [2.75, 3.05) is 5.32 Å². The highest BCUT2D eigenvalue weighted by Crippen LogP contribution is 2.19. The molecule has 0 bridgehead atoms. The summed E-state index contributed by atoms with van der Waals surface area (Å²) in [5.74, 6) is -0.599. The lowest BCUT2D eigenvalue weighted by atomic mass is 10.1. The fourth-order valence-electron chi connectivity index (χ4n) is 2.53. The number of carbonyl (C=O) groups excluding carboxylic acids is 2. The van der Waals surface area contributed by atoms with Crippen LogP contribution >= 0.6 is 23.2 Å². The first kappa shape index (κ1) is 20.6. The number of amides is 2. The Morgan fingerprint density at radius 1 is 0.897 bits per heavy atom. The standard InChI is InChI=1S/C22H17Cl2N3O2/c1-14-3-2-4-16(11-14)21(28)26-19-9-6-15(7-10-19)22(29)27-25-13-17-5-8-18(23)12-20(17)24/h2-13H,1H3,(H,26,28)(H,27,29). The van der Waals surface area contributed by atoms with Gasteiger partial charge in [-0.1, -0.05) is 47.0 Å². The maximum atomic E-state index is 12.3. The van der Waals surface area contributed by atoms with Gasteiger partial charge in [0.15, 0.2) is 0 Å². The lowest BCUT2D eigenvalue weighted by Gasteiger charge is -2.07. The van der Waals surface area contributed by atoms with Crippen molar-refractivity contribution in [2.45, 2.75) is 6.92 Å². The number of anilines is 1. The molecule has 146 valence electrons. The van der Waals surface area contributed by atoms with Gasteiger partial charge >= 0.3 is 0 Å². The van der Waals surface area contributed by atoms with Gasteiger partial charge in [0.1, 0.15) is 0 Å². The lowest BCUT2D eigenvalue weighted by molar-refractivity contribution is 0.0954. The number of hydrazone groups is 1. The molecule has 0 atom stereocenters. The van der Waals surface area contributed by atoms with Crippen molar-refractivity contribution in [3.05, 3.63) is 99.0 Å². The summed E-state index contributed by atoms with van der Waals surface area (Å²) in [6.07, 6.45) is 1.44. The zero-order valence-electron chi connectivity index (χ0n) is 15.4. The average Bonchev–Trinajstić information content (AvgIpc) is 2.70. The molecule has 7 heteroatoms. The van der Waals surface area contributed by atoms with E-state index < -0.39 is 0 Å². The summed E-state index contributed by atoms with van der Waals surface area (Å²) < 4.78 is 0. The predicted molar refractivity (Wildman–Crippen MR) is 117 cm³/mol. The summed E-state index contributed by atoms with van der Waals surface area (Å²) in [4.78, 5) is 24.5. The lowest BCUT2D eigenvalue weighted by Crippen LogP contribution is -2.18. The Morgan fingerprint density at radius 3 is 2.34 bits per heavy atom. The van der Waals surface area contributed by atoms with Crippen LogP contribution in [0, 0.1) is 6.92 Å². The Labute approximate surface area is 178 Å². The third-order valence-electron chi connectivity index (χ3n) is 4.02. The zero-order valence-corrected chi connectivity index (χ0v) is 17.0. The quantitative estimate of drug-likeness (QED) is 0.428. The van der Waals surface area contributed by atoms with Crippen LogP contribution in [0.25, 0.3) is 0 Å². The second-order valence-corrected chi connectivity index (χ2v) is 7.11. The maximum absolute atomic E-state index is 12.3. The first-order valence-corrected chi connectivity index (χ1v) is 9.44. The van der Waals surface area contributed by atoms with E-state index in [0.29, 0.717) is 32.4 Å². The Kier molecular flexibility index (Phi) is 6.65. The van der Waals surface area contributed by atoms with E-state index in [1.54, 1.807) is 48.5 Å². The Hall–Kier alpha value is -3.15. The fourth-order valence-corrected chi connectivity index (χ4v) is 2.98. The highest BCUT2D eigenvalue weighted by Gasteiger charge is 2.08. The molecule has 0 aliphatic rings. The van der Waals surface area contributed by atoms with Crippen molar-refractivity contribution < 1.29 is 9.59 Å². The van der Waals surface area contributed by atoms with E-state index in [4.69, 9.17) is 23.2 Å². The molecule has 0 aliphatic heterocycles. The van der Waals surface area contributed by atoms with Crippen LogP contribution in [0.3, 0.4) is 0 Å². The van der Waals surface area contributed by atoms with Gasteiger partial charge in [0, 0.05) is 27.4 Å². The van der Waals surface area contributed by atoms with E-state index in [0.717, 1.165) is 5.56 Å². The minimum Gasteiger partial charge on any atom is -0.322 e. The molecule has 3 aromatic rings. The summed E-state index contributed by atoms with van der Waals surface area (Å²) in [6, 6.07) is 18.8. The summed E-state index contributed by atoms with van der Waals surface area (Å²) in [6.45, 7) is 1.92. The molecule has 29 heavy (non-hydrogen) atoms. The third kappa shape index (κ3) is 5.67. The van der Waals surface area contributed by atoms with Gasteiger partial charge < -0.3 is 5.32 Å². The van der Waals surface area contributed by atoms with E-state index >= 15 is 0 Å². The molecule has 0 saturated heterocycles. The van der Waals surface area contributed by atoms with Crippen LogP contribution < -0.4 is 10.7 Å². The van der Waals surface area contributed by atoms with Gasteiger partial charge in [0.25, 0.3) is 11.8 Å². The van der Waals surface area contributed by atoms with Gasteiger partial charge in [0.2, 0.25) is 0 Å². The Bertz CT molecular complexity index is 1080. The van der Waals surface area contributed by atoms with Crippen LogP contribution in [0.15, 0.2) is 71.8 Å². The van der Waals surface area contributed by atoms with Crippen molar-refractivity contribution in [1.29, 1.82) is 0 Å². The predicted octanol–water partition coefficient (Wildman–Crippen LogP) is 5.32. The second-order valence-electron chi connectivity index (χ2n) is 6.27. The van der Waals surface area contributed by atoms with Crippen LogP contribution in [0.5, 0.6) is 0 Å². The molecule has 0 saturated carbocycles. The molecule has 3 rings (SSSR count). The van der Waals surface area contributed by atoms with Gasteiger partial charge in [0.05, 0.1) is 11.2 Å². The molecule has 0 aromatic heterocycles. The van der Waals surface area contributed by atoms with Gasteiger partial charge in [-0.15, -0.1) is 0 Å². The monoisotopic (exact) mass is 425 g/mol. The van der Waals surface area contributed by atoms with Crippen molar-refractivity contribution in [2.24, 2.45) is 5.10 Å². The number of hydrogen-bond acceptors (Lipinski definition) is 3. The van der Waals surface area contributed by atoms with Crippen LogP contribution in [-0.2, 0) is 0 Å². The number of hydrogen-bond donors (Lipinski definition) is 2. The molecule has 0 fully saturated rings. The van der Waals surface area contributed by atoms with Crippen LogP contribution in [0.2, 0.25) is 10.0 Å². The number of benzene rings is 3. The summed E-state index contributed by atoms with van der Waals surface area (Å²) in [7, 11) is 0. The topological polar surface area (TPSA) is 70.6 Å². The second kappa shape index (κ2) is 9.37. The number of aryl methyl sites for hydroxylation is 1. The minimum atomic E-state index is -0.386. The molecule has 3 aromatic carbocycles. The number of halogens is 2.